The maximum Gasteiger partial charge on any atom is 0.319 e. The van der Waals surface area contributed by atoms with Crippen LogP contribution in [0.25, 0.3) is 0 Å². The fourth-order valence-corrected chi connectivity index (χ4v) is 1.40. The van der Waals surface area contributed by atoms with E-state index in [1.807, 2.05) is 18.9 Å². The van der Waals surface area contributed by atoms with Gasteiger partial charge in [0.15, 0.2) is 0 Å². The first kappa shape index (κ1) is 12.6. The monoisotopic (exact) mass is 225 g/mol. The fraction of sp³-hybridized carbons (Fsp3) is 0.417. The molecule has 0 aliphatic carbocycles. The van der Waals surface area contributed by atoms with Crippen molar-refractivity contribution >= 4 is 5.97 Å². The first-order valence-electron chi connectivity index (χ1n) is 5.07. The number of hydrogen-bond donors (Lipinski definition) is 0. The van der Waals surface area contributed by atoms with E-state index in [1.54, 1.807) is 12.1 Å². The predicted octanol–water partition coefficient (Wildman–Crippen LogP) is 1.99. The van der Waals surface area contributed by atoms with Crippen LogP contribution >= 0.6 is 0 Å². The summed E-state index contributed by atoms with van der Waals surface area (Å²) in [4.78, 5) is 12.9. The molecule has 0 amide bonds. The quantitative estimate of drug-likeness (QED) is 0.734. The number of likely N-dealkylation sites (N-methyl/N-ethyl adjacent to an activating group) is 1. The van der Waals surface area contributed by atoms with Gasteiger partial charge in [-0.15, -0.1) is 0 Å². The third-order valence-corrected chi connectivity index (χ3v) is 2.62. The molecule has 1 rings (SSSR count). The van der Waals surface area contributed by atoms with Gasteiger partial charge in [-0.3, -0.25) is 9.69 Å². The zero-order valence-corrected chi connectivity index (χ0v) is 9.74. The molecule has 0 aromatic heterocycles. The molecule has 1 aromatic carbocycles. The maximum absolute atomic E-state index is 12.7. The first-order valence-corrected chi connectivity index (χ1v) is 5.07. The van der Waals surface area contributed by atoms with Gasteiger partial charge < -0.3 is 4.74 Å². The maximum atomic E-state index is 12.7. The highest BCUT2D eigenvalue weighted by molar-refractivity contribution is 5.71. The van der Waals surface area contributed by atoms with Gasteiger partial charge in [0.2, 0.25) is 0 Å². The molecule has 0 unspecified atom stereocenters. The van der Waals surface area contributed by atoms with Crippen LogP contribution in [0.1, 0.15) is 18.5 Å². The van der Waals surface area contributed by atoms with Gasteiger partial charge in [-0.05, 0) is 31.7 Å². The highest BCUT2D eigenvalue weighted by Gasteiger charge is 2.14. The SMILES string of the molecule is COC(=O)CN(C)[C@H](C)c1ccc(F)cc1. The Morgan fingerprint density at radius 2 is 2.00 bits per heavy atom. The van der Waals surface area contributed by atoms with Crippen molar-refractivity contribution in [2.75, 3.05) is 20.7 Å². The Hall–Kier alpha value is -1.42. The lowest BCUT2D eigenvalue weighted by atomic mass is 10.1. The van der Waals surface area contributed by atoms with E-state index in [-0.39, 0.29) is 24.4 Å². The largest absolute Gasteiger partial charge is 0.468 e. The lowest BCUT2D eigenvalue weighted by Gasteiger charge is -2.23. The van der Waals surface area contributed by atoms with Crippen LogP contribution < -0.4 is 0 Å². The summed E-state index contributed by atoms with van der Waals surface area (Å²) < 4.78 is 17.3. The Kier molecular flexibility index (Phi) is 4.43. The number of benzene rings is 1. The summed E-state index contributed by atoms with van der Waals surface area (Å²) in [6.45, 7) is 2.17. The van der Waals surface area contributed by atoms with Gasteiger partial charge in [0.1, 0.15) is 5.82 Å². The molecule has 0 fully saturated rings. The molecule has 1 atom stereocenters. The summed E-state index contributed by atoms with van der Waals surface area (Å²) in [6.07, 6.45) is 0. The number of esters is 1. The minimum absolute atomic E-state index is 0.0414. The van der Waals surface area contributed by atoms with Crippen molar-refractivity contribution in [3.63, 3.8) is 0 Å². The standard InChI is InChI=1S/C12H16FNO2/c1-9(14(2)8-12(15)16-3)10-4-6-11(13)7-5-10/h4-7,9H,8H2,1-3H3/t9-/m1/s1. The molecular formula is C12H16FNO2. The van der Waals surface area contributed by atoms with Gasteiger partial charge in [0.25, 0.3) is 0 Å². The summed E-state index contributed by atoms with van der Waals surface area (Å²) in [5.74, 6) is -0.539. The average Bonchev–Trinajstić information content (AvgIpc) is 2.28. The fourth-order valence-electron chi connectivity index (χ4n) is 1.40. The van der Waals surface area contributed by atoms with Crippen LogP contribution in [0.3, 0.4) is 0 Å². The van der Waals surface area contributed by atoms with E-state index in [2.05, 4.69) is 4.74 Å². The molecule has 0 radical (unpaired) electrons. The van der Waals surface area contributed by atoms with Crippen LogP contribution in [0.15, 0.2) is 24.3 Å². The van der Waals surface area contributed by atoms with E-state index in [1.165, 1.54) is 19.2 Å². The normalized spacial score (nSPS) is 12.6. The summed E-state index contributed by atoms with van der Waals surface area (Å²) in [7, 11) is 3.18. The van der Waals surface area contributed by atoms with Crippen LogP contribution in [-0.2, 0) is 9.53 Å². The van der Waals surface area contributed by atoms with Crippen LogP contribution in [-0.4, -0.2) is 31.6 Å². The molecule has 0 aliphatic heterocycles. The smallest absolute Gasteiger partial charge is 0.319 e. The number of halogens is 1. The summed E-state index contributed by atoms with van der Waals surface area (Å²) in [5, 5.41) is 0. The number of rotatable bonds is 4. The molecule has 88 valence electrons. The van der Waals surface area contributed by atoms with Gasteiger partial charge in [-0.1, -0.05) is 12.1 Å². The second-order valence-corrected chi connectivity index (χ2v) is 3.72. The van der Waals surface area contributed by atoms with Crippen molar-refractivity contribution in [2.45, 2.75) is 13.0 Å². The molecular weight excluding hydrogens is 209 g/mol. The molecule has 0 saturated heterocycles. The number of carbonyl (C=O) groups is 1. The highest BCUT2D eigenvalue weighted by atomic mass is 19.1. The van der Waals surface area contributed by atoms with E-state index >= 15 is 0 Å². The number of hydrogen-bond acceptors (Lipinski definition) is 3. The molecule has 3 nitrogen and oxygen atoms in total. The zero-order chi connectivity index (χ0) is 12.1. The van der Waals surface area contributed by atoms with Crippen LogP contribution in [0, 0.1) is 5.82 Å². The Balaban J connectivity index is 2.66. The Labute approximate surface area is 94.8 Å². The van der Waals surface area contributed by atoms with Gasteiger partial charge in [0.05, 0.1) is 13.7 Å². The van der Waals surface area contributed by atoms with Crippen molar-refractivity contribution in [1.82, 2.24) is 4.90 Å². The third-order valence-electron chi connectivity index (χ3n) is 2.62. The van der Waals surface area contributed by atoms with Gasteiger partial charge in [-0.25, -0.2) is 4.39 Å². The van der Waals surface area contributed by atoms with Crippen LogP contribution in [0.5, 0.6) is 0 Å². The van der Waals surface area contributed by atoms with E-state index in [0.717, 1.165) is 5.56 Å². The van der Waals surface area contributed by atoms with Gasteiger partial charge >= 0.3 is 5.97 Å². The number of ether oxygens (including phenoxy) is 1. The Bertz CT molecular complexity index is 351. The Morgan fingerprint density at radius 1 is 1.44 bits per heavy atom. The van der Waals surface area contributed by atoms with E-state index in [4.69, 9.17) is 0 Å². The molecule has 0 spiro atoms. The summed E-state index contributed by atoms with van der Waals surface area (Å²) in [5.41, 5.74) is 0.966. The topological polar surface area (TPSA) is 29.5 Å². The number of carbonyl (C=O) groups excluding carboxylic acids is 1. The van der Waals surface area contributed by atoms with Crippen molar-refractivity contribution in [2.24, 2.45) is 0 Å². The van der Waals surface area contributed by atoms with Crippen LogP contribution in [0.2, 0.25) is 0 Å². The Morgan fingerprint density at radius 3 is 2.50 bits per heavy atom. The zero-order valence-electron chi connectivity index (χ0n) is 9.74. The van der Waals surface area contributed by atoms with E-state index in [9.17, 15) is 9.18 Å². The van der Waals surface area contributed by atoms with E-state index in [0.29, 0.717) is 0 Å². The molecule has 4 heteroatoms. The van der Waals surface area contributed by atoms with E-state index < -0.39 is 0 Å². The first-order chi connectivity index (χ1) is 7.54. The molecule has 1 aromatic rings. The summed E-state index contributed by atoms with van der Waals surface area (Å²) >= 11 is 0. The van der Waals surface area contributed by atoms with Crippen molar-refractivity contribution < 1.29 is 13.9 Å². The second kappa shape index (κ2) is 5.61. The number of methoxy groups -OCH3 is 1. The van der Waals surface area contributed by atoms with Crippen molar-refractivity contribution in [3.05, 3.63) is 35.6 Å². The van der Waals surface area contributed by atoms with Gasteiger partial charge in [-0.2, -0.15) is 0 Å². The molecule has 0 heterocycles. The van der Waals surface area contributed by atoms with Crippen molar-refractivity contribution in [1.29, 1.82) is 0 Å². The molecule has 0 aliphatic rings. The highest BCUT2D eigenvalue weighted by Crippen LogP contribution is 2.18. The van der Waals surface area contributed by atoms with Gasteiger partial charge in [0, 0.05) is 6.04 Å². The minimum Gasteiger partial charge on any atom is -0.468 e. The molecule has 0 bridgehead atoms. The van der Waals surface area contributed by atoms with Crippen molar-refractivity contribution in [3.8, 4) is 0 Å². The third kappa shape index (κ3) is 3.31. The molecule has 0 N–H and O–H groups in total. The second-order valence-electron chi connectivity index (χ2n) is 3.72. The number of nitrogens with zero attached hydrogens (tertiary/aromatic N) is 1. The summed E-state index contributed by atoms with van der Waals surface area (Å²) in [6, 6.07) is 6.30. The minimum atomic E-state index is -0.281. The van der Waals surface area contributed by atoms with Crippen LogP contribution in [0.4, 0.5) is 4.39 Å². The average molecular weight is 225 g/mol. The lowest BCUT2D eigenvalue weighted by Crippen LogP contribution is -2.29. The molecule has 0 saturated carbocycles. The lowest BCUT2D eigenvalue weighted by molar-refractivity contribution is -0.142. The predicted molar refractivity (Wildman–Crippen MR) is 59.5 cm³/mol. The molecule has 16 heavy (non-hydrogen) atoms.